The number of pyridine rings is 1. The van der Waals surface area contributed by atoms with Crippen molar-refractivity contribution in [3.8, 4) is 28.7 Å². The molecular weight excluding hydrogens is 254 g/mol. The van der Waals surface area contributed by atoms with Crippen molar-refractivity contribution in [1.82, 2.24) is 4.98 Å². The molecule has 5 heteroatoms. The molecule has 0 saturated carbocycles. The Morgan fingerprint density at radius 2 is 1.70 bits per heavy atom. The summed E-state index contributed by atoms with van der Waals surface area (Å²) in [7, 11) is 3.16. The van der Waals surface area contributed by atoms with Crippen LogP contribution >= 0.6 is 0 Å². The number of nitrogens with zero attached hydrogens (tertiary/aromatic N) is 2. The number of nitrogens with two attached hydrogens (primary N) is 1. The van der Waals surface area contributed by atoms with Crippen LogP contribution in [-0.2, 0) is 0 Å². The monoisotopic (exact) mass is 269 g/mol. The van der Waals surface area contributed by atoms with Crippen LogP contribution in [-0.4, -0.2) is 19.2 Å². The van der Waals surface area contributed by atoms with Crippen LogP contribution in [0.2, 0.25) is 0 Å². The molecule has 1 aromatic carbocycles. The molecule has 1 heterocycles. The molecule has 0 fully saturated rings. The number of anilines is 1. The maximum absolute atomic E-state index is 9.27. The lowest BCUT2D eigenvalue weighted by Gasteiger charge is -2.11. The first-order chi connectivity index (χ1) is 9.58. The van der Waals surface area contributed by atoms with Crippen LogP contribution in [0.5, 0.6) is 11.5 Å². The predicted molar refractivity (Wildman–Crippen MR) is 76.6 cm³/mol. The Balaban J connectivity index is 2.71. The zero-order valence-corrected chi connectivity index (χ0v) is 11.6. The molecule has 0 aliphatic carbocycles. The summed E-state index contributed by atoms with van der Waals surface area (Å²) in [5, 5.41) is 9.27. The number of aromatic nitrogens is 1. The van der Waals surface area contributed by atoms with Gasteiger partial charge in [0.2, 0.25) is 0 Å². The van der Waals surface area contributed by atoms with E-state index < -0.39 is 0 Å². The Kier molecular flexibility index (Phi) is 3.76. The molecule has 0 bridgehead atoms. The fourth-order valence-electron chi connectivity index (χ4n) is 2.01. The number of aryl methyl sites for hydroxylation is 1. The number of hydrogen-bond donors (Lipinski definition) is 1. The summed E-state index contributed by atoms with van der Waals surface area (Å²) in [5.74, 6) is 1.52. The molecule has 20 heavy (non-hydrogen) atoms. The molecule has 0 spiro atoms. The van der Waals surface area contributed by atoms with E-state index in [0.29, 0.717) is 17.1 Å². The Morgan fingerprint density at radius 3 is 2.20 bits per heavy atom. The average molecular weight is 269 g/mol. The number of nitriles is 1. The molecule has 0 unspecified atom stereocenters. The van der Waals surface area contributed by atoms with Gasteiger partial charge in [0.25, 0.3) is 0 Å². The smallest absolute Gasteiger partial charge is 0.142 e. The first-order valence-electron chi connectivity index (χ1n) is 5.99. The highest BCUT2D eigenvalue weighted by Crippen LogP contribution is 2.33. The molecular formula is C15H15N3O2. The van der Waals surface area contributed by atoms with E-state index in [2.05, 4.69) is 11.1 Å². The first kappa shape index (κ1) is 13.7. The zero-order chi connectivity index (χ0) is 14.7. The standard InChI is InChI=1S/C15H15N3O2/c1-9-4-13(14(8-16)15(17)18-9)10-5-11(19-2)7-12(6-10)20-3/h4-7H,1-3H3,(H2,17,18). The minimum Gasteiger partial charge on any atom is -0.497 e. The van der Waals surface area contributed by atoms with Gasteiger partial charge in [0.05, 0.1) is 14.2 Å². The summed E-state index contributed by atoms with van der Waals surface area (Å²) in [6.45, 7) is 1.83. The Hall–Kier alpha value is -2.74. The first-order valence-corrected chi connectivity index (χ1v) is 5.99. The SMILES string of the molecule is COc1cc(OC)cc(-c2cc(C)nc(N)c2C#N)c1. The molecule has 2 N–H and O–H groups in total. The number of benzene rings is 1. The van der Waals surface area contributed by atoms with Gasteiger partial charge in [-0.05, 0) is 30.7 Å². The summed E-state index contributed by atoms with van der Waals surface area (Å²) in [4.78, 5) is 4.11. The van der Waals surface area contributed by atoms with Crippen molar-refractivity contribution in [3.05, 3.63) is 35.5 Å². The summed E-state index contributed by atoms with van der Waals surface area (Å²) in [6, 6.07) is 9.35. The molecule has 2 rings (SSSR count). The van der Waals surface area contributed by atoms with Gasteiger partial charge in [-0.25, -0.2) is 4.98 Å². The summed E-state index contributed by atoms with van der Waals surface area (Å²) < 4.78 is 10.5. The van der Waals surface area contributed by atoms with Crippen molar-refractivity contribution in [2.45, 2.75) is 6.92 Å². The minimum atomic E-state index is 0.226. The third-order valence-corrected chi connectivity index (χ3v) is 2.95. The van der Waals surface area contributed by atoms with Gasteiger partial charge in [-0.15, -0.1) is 0 Å². The van der Waals surface area contributed by atoms with E-state index in [1.54, 1.807) is 20.3 Å². The lowest BCUT2D eigenvalue weighted by Crippen LogP contribution is -1.99. The van der Waals surface area contributed by atoms with Gasteiger partial charge in [-0.3, -0.25) is 0 Å². The normalized spacial score (nSPS) is 9.90. The molecule has 0 radical (unpaired) electrons. The van der Waals surface area contributed by atoms with E-state index in [1.165, 1.54) is 0 Å². The largest absolute Gasteiger partial charge is 0.497 e. The zero-order valence-electron chi connectivity index (χ0n) is 11.6. The van der Waals surface area contributed by atoms with Gasteiger partial charge < -0.3 is 15.2 Å². The highest BCUT2D eigenvalue weighted by atomic mass is 16.5. The van der Waals surface area contributed by atoms with E-state index in [1.807, 2.05) is 25.1 Å². The highest BCUT2D eigenvalue weighted by Gasteiger charge is 2.13. The van der Waals surface area contributed by atoms with Crippen LogP contribution in [0.3, 0.4) is 0 Å². The maximum Gasteiger partial charge on any atom is 0.142 e. The van der Waals surface area contributed by atoms with Crippen LogP contribution in [0.4, 0.5) is 5.82 Å². The fraction of sp³-hybridized carbons (Fsp3) is 0.200. The van der Waals surface area contributed by atoms with Crippen molar-refractivity contribution < 1.29 is 9.47 Å². The van der Waals surface area contributed by atoms with Gasteiger partial charge in [-0.1, -0.05) is 0 Å². The average Bonchev–Trinajstić information content (AvgIpc) is 2.45. The van der Waals surface area contributed by atoms with Gasteiger partial charge in [0.15, 0.2) is 0 Å². The van der Waals surface area contributed by atoms with Gasteiger partial charge in [-0.2, -0.15) is 5.26 Å². The van der Waals surface area contributed by atoms with E-state index in [4.69, 9.17) is 15.2 Å². The molecule has 2 aromatic rings. The number of rotatable bonds is 3. The van der Waals surface area contributed by atoms with Gasteiger partial charge >= 0.3 is 0 Å². The number of hydrogen-bond acceptors (Lipinski definition) is 5. The number of methoxy groups -OCH3 is 2. The van der Waals surface area contributed by atoms with Gasteiger partial charge in [0, 0.05) is 17.3 Å². The lowest BCUT2D eigenvalue weighted by molar-refractivity contribution is 0.394. The van der Waals surface area contributed by atoms with Crippen LogP contribution < -0.4 is 15.2 Å². The quantitative estimate of drug-likeness (QED) is 0.926. The fourth-order valence-corrected chi connectivity index (χ4v) is 2.01. The summed E-state index contributed by atoms with van der Waals surface area (Å²) in [6.07, 6.45) is 0. The third-order valence-electron chi connectivity index (χ3n) is 2.95. The Labute approximate surface area is 117 Å². The second-order valence-electron chi connectivity index (χ2n) is 4.28. The predicted octanol–water partition coefficient (Wildman–Crippen LogP) is 2.53. The van der Waals surface area contributed by atoms with Gasteiger partial charge in [0.1, 0.15) is 28.9 Å². The summed E-state index contributed by atoms with van der Waals surface area (Å²) in [5.41, 5.74) is 8.43. The Morgan fingerprint density at radius 1 is 1.10 bits per heavy atom. The van der Waals surface area contributed by atoms with E-state index in [9.17, 15) is 5.26 Å². The van der Waals surface area contributed by atoms with E-state index in [0.717, 1.165) is 16.8 Å². The second-order valence-corrected chi connectivity index (χ2v) is 4.28. The van der Waals surface area contributed by atoms with Crippen LogP contribution in [0, 0.1) is 18.3 Å². The van der Waals surface area contributed by atoms with Crippen molar-refractivity contribution in [1.29, 1.82) is 5.26 Å². The van der Waals surface area contributed by atoms with Crippen LogP contribution in [0.25, 0.3) is 11.1 Å². The van der Waals surface area contributed by atoms with Crippen molar-refractivity contribution in [3.63, 3.8) is 0 Å². The number of ether oxygens (including phenoxy) is 2. The topological polar surface area (TPSA) is 81.2 Å². The van der Waals surface area contributed by atoms with Crippen molar-refractivity contribution in [2.75, 3.05) is 20.0 Å². The molecule has 0 aliphatic rings. The number of nitrogen functional groups attached to an aromatic ring is 1. The molecule has 0 saturated heterocycles. The molecule has 0 atom stereocenters. The molecule has 0 aliphatic heterocycles. The third kappa shape index (κ3) is 2.50. The van der Waals surface area contributed by atoms with Crippen molar-refractivity contribution >= 4 is 5.82 Å². The maximum atomic E-state index is 9.27. The molecule has 1 aromatic heterocycles. The van der Waals surface area contributed by atoms with Crippen molar-refractivity contribution in [2.24, 2.45) is 0 Å². The van der Waals surface area contributed by atoms with Crippen LogP contribution in [0.1, 0.15) is 11.3 Å². The second kappa shape index (κ2) is 5.49. The lowest BCUT2D eigenvalue weighted by atomic mass is 10.00. The van der Waals surface area contributed by atoms with E-state index >= 15 is 0 Å². The Bertz CT molecular complexity index is 668. The molecule has 102 valence electrons. The molecule has 0 amide bonds. The molecule has 5 nitrogen and oxygen atoms in total. The summed E-state index contributed by atoms with van der Waals surface area (Å²) >= 11 is 0. The van der Waals surface area contributed by atoms with Crippen LogP contribution in [0.15, 0.2) is 24.3 Å². The van der Waals surface area contributed by atoms with E-state index in [-0.39, 0.29) is 5.82 Å². The highest BCUT2D eigenvalue weighted by molar-refractivity contribution is 5.77. The minimum absolute atomic E-state index is 0.226.